The second-order valence-corrected chi connectivity index (χ2v) is 6.94. The molecule has 0 radical (unpaired) electrons. The number of nitrogens with zero attached hydrogens (tertiary/aromatic N) is 3. The van der Waals surface area contributed by atoms with Gasteiger partial charge in [0.1, 0.15) is 0 Å². The molecule has 1 atom stereocenters. The molecule has 29 heavy (non-hydrogen) atoms. The Labute approximate surface area is 167 Å². The monoisotopic (exact) mass is 392 g/mol. The van der Waals surface area contributed by atoms with Crippen LogP contribution in [0.4, 0.5) is 17.1 Å². The summed E-state index contributed by atoms with van der Waals surface area (Å²) in [5.41, 5.74) is 3.97. The Morgan fingerprint density at radius 3 is 2.34 bits per heavy atom. The zero-order valence-electron chi connectivity index (χ0n) is 16.2. The van der Waals surface area contributed by atoms with Crippen LogP contribution in [0.25, 0.3) is 0 Å². The smallest absolute Gasteiger partial charge is 0.269 e. The van der Waals surface area contributed by atoms with E-state index in [1.807, 2.05) is 32.0 Å². The SMILES string of the molecule is COc1nccc2c1C(c1cccc([N+](=O)[O-])c1)c1c(ccnc1OC(C)C)N2. The van der Waals surface area contributed by atoms with Crippen LogP contribution in [0.15, 0.2) is 48.8 Å². The molecular formula is C21H20N4O4. The van der Waals surface area contributed by atoms with E-state index >= 15 is 0 Å². The Bertz CT molecular complexity index is 1080. The van der Waals surface area contributed by atoms with Crippen LogP contribution < -0.4 is 14.8 Å². The van der Waals surface area contributed by atoms with Gasteiger partial charge in [-0.25, -0.2) is 9.97 Å². The van der Waals surface area contributed by atoms with Gasteiger partial charge in [0.25, 0.3) is 5.69 Å². The number of rotatable bonds is 5. The lowest BCUT2D eigenvalue weighted by Gasteiger charge is -2.31. The number of aromatic nitrogens is 2. The molecule has 1 N–H and O–H groups in total. The number of anilines is 2. The highest BCUT2D eigenvalue weighted by molar-refractivity contribution is 5.78. The molecule has 148 valence electrons. The topological polar surface area (TPSA) is 99.4 Å². The molecule has 0 bridgehead atoms. The fourth-order valence-electron chi connectivity index (χ4n) is 3.60. The predicted molar refractivity (Wildman–Crippen MR) is 108 cm³/mol. The average molecular weight is 392 g/mol. The Hall–Kier alpha value is -3.68. The van der Waals surface area contributed by atoms with Gasteiger partial charge in [-0.15, -0.1) is 0 Å². The highest BCUT2D eigenvalue weighted by Gasteiger charge is 2.35. The van der Waals surface area contributed by atoms with Crippen LogP contribution in [0.3, 0.4) is 0 Å². The van der Waals surface area contributed by atoms with Gasteiger partial charge in [-0.1, -0.05) is 12.1 Å². The molecule has 0 saturated heterocycles. The summed E-state index contributed by atoms with van der Waals surface area (Å²) in [4.78, 5) is 19.8. The quantitative estimate of drug-likeness (QED) is 0.396. The maximum atomic E-state index is 11.4. The largest absolute Gasteiger partial charge is 0.481 e. The van der Waals surface area contributed by atoms with Crippen molar-refractivity contribution in [2.24, 2.45) is 0 Å². The van der Waals surface area contributed by atoms with Crippen molar-refractivity contribution in [3.63, 3.8) is 0 Å². The minimum absolute atomic E-state index is 0.0159. The highest BCUT2D eigenvalue weighted by atomic mass is 16.6. The number of nitro benzene ring substituents is 1. The van der Waals surface area contributed by atoms with Crippen molar-refractivity contribution in [2.45, 2.75) is 25.9 Å². The van der Waals surface area contributed by atoms with Crippen LogP contribution in [0.5, 0.6) is 11.8 Å². The van der Waals surface area contributed by atoms with Crippen molar-refractivity contribution in [3.05, 3.63) is 75.6 Å². The van der Waals surface area contributed by atoms with Crippen LogP contribution >= 0.6 is 0 Å². The summed E-state index contributed by atoms with van der Waals surface area (Å²) in [5.74, 6) is 0.516. The fourth-order valence-corrected chi connectivity index (χ4v) is 3.60. The minimum Gasteiger partial charge on any atom is -0.481 e. The third-order valence-corrected chi connectivity index (χ3v) is 4.71. The Morgan fingerprint density at radius 1 is 1.07 bits per heavy atom. The first-order valence-electron chi connectivity index (χ1n) is 9.19. The number of ether oxygens (including phenoxy) is 2. The van der Waals surface area contributed by atoms with Crippen LogP contribution in [0, 0.1) is 10.1 Å². The molecule has 8 nitrogen and oxygen atoms in total. The molecule has 1 aromatic carbocycles. The molecule has 0 fully saturated rings. The Morgan fingerprint density at radius 2 is 1.72 bits per heavy atom. The van der Waals surface area contributed by atoms with Crippen LogP contribution in [-0.2, 0) is 0 Å². The molecule has 0 aliphatic carbocycles. The lowest BCUT2D eigenvalue weighted by atomic mass is 9.81. The standard InChI is InChI=1S/C21H20N4O4/c1-12(2)29-21-19-16(8-10-23-21)24-15-7-9-22-20(28-3)18(15)17(19)13-5-4-6-14(11-13)25(26)27/h4-12,17,24H,1-3H3. The summed E-state index contributed by atoms with van der Waals surface area (Å²) in [5, 5.41) is 14.8. The molecule has 0 spiro atoms. The van der Waals surface area contributed by atoms with Crippen molar-refractivity contribution in [2.75, 3.05) is 12.4 Å². The zero-order chi connectivity index (χ0) is 20.5. The van der Waals surface area contributed by atoms with Crippen LogP contribution in [0.2, 0.25) is 0 Å². The molecule has 1 unspecified atom stereocenters. The van der Waals surface area contributed by atoms with Gasteiger partial charge in [0.2, 0.25) is 11.8 Å². The van der Waals surface area contributed by atoms with Crippen molar-refractivity contribution < 1.29 is 14.4 Å². The Kier molecular flexibility index (Phi) is 4.75. The first kappa shape index (κ1) is 18.7. The molecule has 1 aliphatic rings. The van der Waals surface area contributed by atoms with Gasteiger partial charge in [0, 0.05) is 52.9 Å². The zero-order valence-corrected chi connectivity index (χ0v) is 16.2. The molecule has 1 aliphatic heterocycles. The summed E-state index contributed by atoms with van der Waals surface area (Å²) < 4.78 is 11.5. The van der Waals surface area contributed by atoms with Crippen molar-refractivity contribution >= 4 is 17.1 Å². The van der Waals surface area contributed by atoms with E-state index in [-0.39, 0.29) is 11.8 Å². The average Bonchev–Trinajstić information content (AvgIpc) is 2.71. The normalized spacial score (nSPS) is 14.6. The number of nitro groups is 1. The van der Waals surface area contributed by atoms with E-state index < -0.39 is 10.8 Å². The maximum absolute atomic E-state index is 11.4. The predicted octanol–water partition coefficient (Wildman–Crippen LogP) is 4.42. The summed E-state index contributed by atoms with van der Waals surface area (Å²) in [6.07, 6.45) is 3.25. The van der Waals surface area contributed by atoms with E-state index in [0.29, 0.717) is 11.8 Å². The number of methoxy groups -OCH3 is 1. The number of hydrogen-bond donors (Lipinski definition) is 1. The lowest BCUT2D eigenvalue weighted by Crippen LogP contribution is -2.19. The Balaban J connectivity index is 2.01. The number of nitrogens with one attached hydrogen (secondary N) is 1. The maximum Gasteiger partial charge on any atom is 0.269 e. The molecule has 0 amide bonds. The molecular weight excluding hydrogens is 372 g/mol. The van der Waals surface area contributed by atoms with E-state index in [2.05, 4.69) is 15.3 Å². The molecule has 0 saturated carbocycles. The second-order valence-electron chi connectivity index (χ2n) is 6.94. The molecule has 3 aromatic rings. The van der Waals surface area contributed by atoms with E-state index in [1.165, 1.54) is 6.07 Å². The summed E-state index contributed by atoms with van der Waals surface area (Å²) in [7, 11) is 1.55. The van der Waals surface area contributed by atoms with Crippen molar-refractivity contribution in [1.82, 2.24) is 9.97 Å². The number of pyridine rings is 2. The van der Waals surface area contributed by atoms with Gasteiger partial charge in [0.15, 0.2) is 0 Å². The molecule has 8 heteroatoms. The fraction of sp³-hybridized carbons (Fsp3) is 0.238. The van der Waals surface area contributed by atoms with Crippen molar-refractivity contribution in [1.29, 1.82) is 0 Å². The third kappa shape index (κ3) is 3.33. The molecule has 3 heterocycles. The van der Waals surface area contributed by atoms with Gasteiger partial charge < -0.3 is 14.8 Å². The van der Waals surface area contributed by atoms with E-state index in [9.17, 15) is 10.1 Å². The van der Waals surface area contributed by atoms with Gasteiger partial charge in [-0.3, -0.25) is 10.1 Å². The van der Waals surface area contributed by atoms with E-state index in [0.717, 1.165) is 28.1 Å². The summed E-state index contributed by atoms with van der Waals surface area (Å²) in [6.45, 7) is 3.85. The first-order chi connectivity index (χ1) is 14.0. The van der Waals surface area contributed by atoms with Crippen LogP contribution in [0.1, 0.15) is 36.5 Å². The second kappa shape index (κ2) is 7.38. The number of non-ortho nitro benzene ring substituents is 1. The number of benzene rings is 1. The molecule has 2 aromatic heterocycles. The van der Waals surface area contributed by atoms with Crippen molar-refractivity contribution in [3.8, 4) is 11.8 Å². The van der Waals surface area contributed by atoms with Gasteiger partial charge >= 0.3 is 0 Å². The van der Waals surface area contributed by atoms with Gasteiger partial charge in [-0.2, -0.15) is 0 Å². The highest BCUT2D eigenvalue weighted by Crippen LogP contribution is 2.50. The van der Waals surface area contributed by atoms with Crippen LogP contribution in [-0.4, -0.2) is 28.1 Å². The van der Waals surface area contributed by atoms with E-state index in [4.69, 9.17) is 9.47 Å². The van der Waals surface area contributed by atoms with E-state index in [1.54, 1.807) is 31.6 Å². The lowest BCUT2D eigenvalue weighted by molar-refractivity contribution is -0.384. The minimum atomic E-state index is -0.401. The molecule has 4 rings (SSSR count). The summed E-state index contributed by atoms with van der Waals surface area (Å²) >= 11 is 0. The number of fused-ring (bicyclic) bond motifs is 2. The van der Waals surface area contributed by atoms with Gasteiger partial charge in [-0.05, 0) is 31.5 Å². The number of hydrogen-bond acceptors (Lipinski definition) is 7. The van der Waals surface area contributed by atoms with Gasteiger partial charge in [0.05, 0.1) is 18.1 Å². The summed E-state index contributed by atoms with van der Waals surface area (Å²) in [6, 6.07) is 10.3. The third-order valence-electron chi connectivity index (χ3n) is 4.71. The first-order valence-corrected chi connectivity index (χ1v) is 9.19.